The third kappa shape index (κ3) is 2.27. The molecule has 6 rings (SSSR count). The van der Waals surface area contributed by atoms with Gasteiger partial charge >= 0.3 is 0 Å². The van der Waals surface area contributed by atoms with Gasteiger partial charge in [0, 0.05) is 28.5 Å². The second kappa shape index (κ2) is 5.81. The smallest absolute Gasteiger partial charge is 0.123 e. The van der Waals surface area contributed by atoms with Gasteiger partial charge in [-0.2, -0.15) is 0 Å². The highest BCUT2D eigenvalue weighted by atomic mass is 79.9. The fourth-order valence-electron chi connectivity index (χ4n) is 5.98. The highest BCUT2D eigenvalue weighted by Crippen LogP contribution is 2.58. The van der Waals surface area contributed by atoms with Crippen molar-refractivity contribution < 1.29 is 4.39 Å². The van der Waals surface area contributed by atoms with Crippen LogP contribution in [0.1, 0.15) is 47.4 Å². The SMILES string of the molecule is Fc1cc2c3c(c1)[C@H]1C=CC[C@H]1[C@@H](c1ccc(Br)cc1)N3C[C@H]1CC=C[C@H]21. The van der Waals surface area contributed by atoms with Gasteiger partial charge in [-0.05, 0) is 65.6 Å². The number of hydrogen-bond donors (Lipinski definition) is 0. The van der Waals surface area contributed by atoms with E-state index in [1.165, 1.54) is 22.4 Å². The van der Waals surface area contributed by atoms with Crippen molar-refractivity contribution in [1.82, 2.24) is 0 Å². The lowest BCUT2D eigenvalue weighted by atomic mass is 9.70. The van der Waals surface area contributed by atoms with Crippen molar-refractivity contribution in [3.05, 3.63) is 87.7 Å². The maximum Gasteiger partial charge on any atom is 0.123 e. The Morgan fingerprint density at radius 2 is 1.63 bits per heavy atom. The van der Waals surface area contributed by atoms with Gasteiger partial charge < -0.3 is 4.90 Å². The standard InChI is InChI=1S/C24H21BrFN/c25-16-9-7-14(8-10-16)23-20-6-2-5-19(20)22-12-17(26)11-21-18-4-1-3-15(18)13-27(23)24(21)22/h1-2,4-5,7-12,15,18-20,23H,3,6,13H2/t15-,18+,19+,20-,23-/m1/s1. The molecule has 3 heteroatoms. The van der Waals surface area contributed by atoms with Crippen LogP contribution in [0.4, 0.5) is 10.1 Å². The first-order chi connectivity index (χ1) is 13.2. The maximum atomic E-state index is 14.6. The highest BCUT2D eigenvalue weighted by Gasteiger charge is 2.47. The Labute approximate surface area is 167 Å². The van der Waals surface area contributed by atoms with E-state index in [0.717, 1.165) is 23.9 Å². The van der Waals surface area contributed by atoms with Crippen LogP contribution in [0.25, 0.3) is 0 Å². The monoisotopic (exact) mass is 421 g/mol. The predicted molar refractivity (Wildman–Crippen MR) is 111 cm³/mol. The van der Waals surface area contributed by atoms with E-state index in [1.807, 2.05) is 0 Å². The molecular weight excluding hydrogens is 401 g/mol. The molecule has 5 atom stereocenters. The first-order valence-corrected chi connectivity index (χ1v) is 10.7. The summed E-state index contributed by atoms with van der Waals surface area (Å²) in [6, 6.07) is 12.8. The average Bonchev–Trinajstić information content (AvgIpc) is 3.32. The maximum absolute atomic E-state index is 14.6. The number of fused-ring (bicyclic) bond motifs is 4. The largest absolute Gasteiger partial charge is 0.363 e. The number of halogens is 2. The minimum Gasteiger partial charge on any atom is -0.363 e. The third-order valence-electron chi connectivity index (χ3n) is 7.03. The van der Waals surface area contributed by atoms with Crippen LogP contribution < -0.4 is 4.90 Å². The van der Waals surface area contributed by atoms with E-state index >= 15 is 0 Å². The molecule has 2 aromatic carbocycles. The molecule has 2 aliphatic heterocycles. The third-order valence-corrected chi connectivity index (χ3v) is 7.55. The van der Waals surface area contributed by atoms with Crippen molar-refractivity contribution in [3.63, 3.8) is 0 Å². The molecule has 0 bridgehead atoms. The zero-order valence-electron chi connectivity index (χ0n) is 15.0. The summed E-state index contributed by atoms with van der Waals surface area (Å²) in [5.74, 6) is 1.67. The summed E-state index contributed by atoms with van der Waals surface area (Å²) in [6.45, 7) is 1.06. The number of anilines is 1. The van der Waals surface area contributed by atoms with Gasteiger partial charge in [0.2, 0.25) is 0 Å². The van der Waals surface area contributed by atoms with Crippen LogP contribution >= 0.6 is 15.9 Å². The Morgan fingerprint density at radius 1 is 0.926 bits per heavy atom. The molecule has 2 aliphatic carbocycles. The van der Waals surface area contributed by atoms with Gasteiger partial charge in [0.1, 0.15) is 5.82 Å². The van der Waals surface area contributed by atoms with Crippen LogP contribution in [0.2, 0.25) is 0 Å². The van der Waals surface area contributed by atoms with E-state index < -0.39 is 0 Å². The molecular formula is C24H21BrFN. The Kier molecular flexibility index (Phi) is 3.47. The number of benzene rings is 2. The van der Waals surface area contributed by atoms with E-state index in [1.54, 1.807) is 12.1 Å². The summed E-state index contributed by atoms with van der Waals surface area (Å²) >= 11 is 3.58. The average molecular weight is 422 g/mol. The van der Waals surface area contributed by atoms with Crippen LogP contribution in [0.15, 0.2) is 65.2 Å². The van der Waals surface area contributed by atoms with Crippen LogP contribution in [0.5, 0.6) is 0 Å². The Morgan fingerprint density at radius 3 is 2.44 bits per heavy atom. The Hall–Kier alpha value is -1.87. The predicted octanol–water partition coefficient (Wildman–Crippen LogP) is 6.48. The van der Waals surface area contributed by atoms with Crippen molar-refractivity contribution in [2.75, 3.05) is 11.4 Å². The molecule has 0 aromatic heterocycles. The van der Waals surface area contributed by atoms with Crippen molar-refractivity contribution in [2.24, 2.45) is 11.8 Å². The van der Waals surface area contributed by atoms with Gasteiger partial charge in [-0.25, -0.2) is 4.39 Å². The van der Waals surface area contributed by atoms with Gasteiger partial charge in [0.25, 0.3) is 0 Å². The number of allylic oxidation sites excluding steroid dienone is 4. The molecule has 0 N–H and O–H groups in total. The van der Waals surface area contributed by atoms with Crippen LogP contribution in [0.3, 0.4) is 0 Å². The summed E-state index contributed by atoms with van der Waals surface area (Å²) in [5.41, 5.74) is 5.10. The zero-order chi connectivity index (χ0) is 18.1. The summed E-state index contributed by atoms with van der Waals surface area (Å²) < 4.78 is 15.7. The van der Waals surface area contributed by atoms with Crippen molar-refractivity contribution in [1.29, 1.82) is 0 Å². The molecule has 4 aliphatic rings. The van der Waals surface area contributed by atoms with E-state index in [-0.39, 0.29) is 5.82 Å². The lowest BCUT2D eigenvalue weighted by Crippen LogP contribution is -2.46. The van der Waals surface area contributed by atoms with Gasteiger partial charge in [-0.1, -0.05) is 52.4 Å². The summed E-state index contributed by atoms with van der Waals surface area (Å²) in [4.78, 5) is 2.62. The van der Waals surface area contributed by atoms with Crippen molar-refractivity contribution in [2.45, 2.75) is 30.7 Å². The van der Waals surface area contributed by atoms with E-state index in [2.05, 4.69) is 69.4 Å². The van der Waals surface area contributed by atoms with Gasteiger partial charge in [-0.15, -0.1) is 0 Å². The molecule has 2 heterocycles. The fraction of sp³-hybridized carbons (Fsp3) is 0.333. The second-order valence-corrected chi connectivity index (χ2v) is 9.30. The minimum atomic E-state index is -0.0780. The highest BCUT2D eigenvalue weighted by molar-refractivity contribution is 9.10. The summed E-state index contributed by atoms with van der Waals surface area (Å²) in [6.07, 6.45) is 11.4. The molecule has 136 valence electrons. The topological polar surface area (TPSA) is 3.24 Å². The molecule has 0 fully saturated rings. The van der Waals surface area contributed by atoms with Gasteiger partial charge in [-0.3, -0.25) is 0 Å². The van der Waals surface area contributed by atoms with Crippen LogP contribution in [0, 0.1) is 17.7 Å². The molecule has 0 radical (unpaired) electrons. The van der Waals surface area contributed by atoms with Crippen LogP contribution in [-0.2, 0) is 0 Å². The van der Waals surface area contributed by atoms with E-state index in [9.17, 15) is 4.39 Å². The quantitative estimate of drug-likeness (QED) is 0.476. The molecule has 0 spiro atoms. The van der Waals surface area contributed by atoms with Crippen molar-refractivity contribution >= 4 is 21.6 Å². The van der Waals surface area contributed by atoms with E-state index in [0.29, 0.717) is 29.7 Å². The molecule has 0 saturated carbocycles. The Balaban J connectivity index is 1.59. The van der Waals surface area contributed by atoms with Gasteiger partial charge in [0.05, 0.1) is 6.04 Å². The normalized spacial score (nSPS) is 32.4. The van der Waals surface area contributed by atoms with Crippen LogP contribution in [-0.4, -0.2) is 6.54 Å². The lowest BCUT2D eigenvalue weighted by Gasteiger charge is -2.51. The molecule has 0 saturated heterocycles. The van der Waals surface area contributed by atoms with Gasteiger partial charge in [0.15, 0.2) is 0 Å². The molecule has 2 aromatic rings. The molecule has 27 heavy (non-hydrogen) atoms. The first-order valence-electron chi connectivity index (χ1n) is 9.89. The number of rotatable bonds is 1. The summed E-state index contributed by atoms with van der Waals surface area (Å²) in [7, 11) is 0. The van der Waals surface area contributed by atoms with E-state index in [4.69, 9.17) is 0 Å². The molecule has 1 nitrogen and oxygen atoms in total. The van der Waals surface area contributed by atoms with Crippen molar-refractivity contribution in [3.8, 4) is 0 Å². The summed E-state index contributed by atoms with van der Waals surface area (Å²) in [5, 5.41) is 0. The lowest BCUT2D eigenvalue weighted by molar-refractivity contribution is 0.333. The zero-order valence-corrected chi connectivity index (χ0v) is 16.6. The number of hydrogen-bond acceptors (Lipinski definition) is 1. The molecule has 0 amide bonds. The minimum absolute atomic E-state index is 0.0780. The first kappa shape index (κ1) is 16.1. The fourth-order valence-corrected chi connectivity index (χ4v) is 6.24. The molecule has 0 unspecified atom stereocenters. The Bertz CT molecular complexity index is 959. The number of nitrogens with zero attached hydrogens (tertiary/aromatic N) is 1. The second-order valence-electron chi connectivity index (χ2n) is 8.38.